The van der Waals surface area contributed by atoms with Gasteiger partial charge >= 0.3 is 0 Å². The summed E-state index contributed by atoms with van der Waals surface area (Å²) in [6, 6.07) is 6.64. The molecule has 1 aromatic rings. The minimum atomic E-state index is -0.179. The van der Waals surface area contributed by atoms with Crippen LogP contribution in [0, 0.1) is 0 Å². The van der Waals surface area contributed by atoms with Gasteiger partial charge in [0.25, 0.3) is 0 Å². The zero-order valence-electron chi connectivity index (χ0n) is 6.60. The summed E-state index contributed by atoms with van der Waals surface area (Å²) in [5, 5.41) is 9.06. The molecule has 0 aliphatic heterocycles. The second-order valence-electron chi connectivity index (χ2n) is 2.44. The summed E-state index contributed by atoms with van der Waals surface area (Å²) in [6.45, 7) is 0.392. The second-order valence-corrected chi connectivity index (χ2v) is 2.44. The Morgan fingerprint density at radius 3 is 2.58 bits per heavy atom. The van der Waals surface area contributed by atoms with Gasteiger partial charge in [-0.2, -0.15) is 0 Å². The van der Waals surface area contributed by atoms with Crippen LogP contribution in [0.1, 0.15) is 11.6 Å². The number of phenolic OH excluding ortho intramolecular Hbond substituents is 1. The van der Waals surface area contributed by atoms with E-state index in [1.165, 1.54) is 0 Å². The van der Waals surface area contributed by atoms with Gasteiger partial charge in [0.05, 0.1) is 0 Å². The summed E-state index contributed by atoms with van der Waals surface area (Å²) in [5.41, 5.74) is 11.8. The Morgan fingerprint density at radius 2 is 2.08 bits per heavy atom. The number of hydrogen-bond acceptors (Lipinski definition) is 3. The highest BCUT2D eigenvalue weighted by Gasteiger charge is 2.02. The molecule has 4 heteroatoms. The van der Waals surface area contributed by atoms with Crippen LogP contribution in [0.3, 0.4) is 0 Å². The Hall–Kier alpha value is -0.770. The van der Waals surface area contributed by atoms with Gasteiger partial charge in [0.2, 0.25) is 0 Å². The second kappa shape index (κ2) is 4.98. The number of halogens is 1. The minimum Gasteiger partial charge on any atom is -0.508 e. The monoisotopic (exact) mass is 188 g/mol. The molecule has 0 fully saturated rings. The Labute approximate surface area is 77.8 Å². The van der Waals surface area contributed by atoms with E-state index in [1.807, 2.05) is 6.07 Å². The summed E-state index contributed by atoms with van der Waals surface area (Å²) >= 11 is 0. The third-order valence-corrected chi connectivity index (χ3v) is 1.55. The summed E-state index contributed by atoms with van der Waals surface area (Å²) in [6.07, 6.45) is 0. The standard InChI is InChI=1S/C8H12N2O.ClH/c9-5-8(10)6-2-1-3-7(11)4-6;/h1-4,8,11H,5,9-10H2;1H/t8-;/m1./s1. The lowest BCUT2D eigenvalue weighted by atomic mass is 10.1. The molecule has 68 valence electrons. The molecule has 1 atom stereocenters. The molecule has 1 rings (SSSR count). The summed E-state index contributed by atoms with van der Waals surface area (Å²) < 4.78 is 0. The first-order chi connectivity index (χ1) is 5.24. The van der Waals surface area contributed by atoms with Crippen LogP contribution >= 0.6 is 12.4 Å². The molecular formula is C8H13ClN2O. The smallest absolute Gasteiger partial charge is 0.115 e. The van der Waals surface area contributed by atoms with E-state index in [0.29, 0.717) is 6.54 Å². The Kier molecular flexibility index (Phi) is 4.66. The molecule has 5 N–H and O–H groups in total. The number of rotatable bonds is 2. The van der Waals surface area contributed by atoms with Crippen molar-refractivity contribution in [2.24, 2.45) is 11.5 Å². The molecule has 0 spiro atoms. The third-order valence-electron chi connectivity index (χ3n) is 1.55. The van der Waals surface area contributed by atoms with E-state index < -0.39 is 0 Å². The normalized spacial score (nSPS) is 11.8. The van der Waals surface area contributed by atoms with Crippen molar-refractivity contribution in [3.63, 3.8) is 0 Å². The lowest BCUT2D eigenvalue weighted by molar-refractivity contribution is 0.473. The van der Waals surface area contributed by atoms with Crippen LogP contribution in [0.15, 0.2) is 24.3 Å². The first-order valence-corrected chi connectivity index (χ1v) is 3.48. The molecule has 1 aromatic carbocycles. The first kappa shape index (κ1) is 11.2. The van der Waals surface area contributed by atoms with E-state index in [9.17, 15) is 0 Å². The zero-order valence-corrected chi connectivity index (χ0v) is 7.42. The van der Waals surface area contributed by atoms with Crippen LogP contribution < -0.4 is 11.5 Å². The van der Waals surface area contributed by atoms with Gasteiger partial charge in [0.1, 0.15) is 5.75 Å². The maximum Gasteiger partial charge on any atom is 0.115 e. The number of hydrogen-bond donors (Lipinski definition) is 3. The van der Waals surface area contributed by atoms with Crippen molar-refractivity contribution in [2.75, 3.05) is 6.54 Å². The van der Waals surface area contributed by atoms with Gasteiger partial charge in [-0.1, -0.05) is 12.1 Å². The fourth-order valence-corrected chi connectivity index (χ4v) is 0.892. The highest BCUT2D eigenvalue weighted by atomic mass is 35.5. The lowest BCUT2D eigenvalue weighted by Gasteiger charge is -2.08. The van der Waals surface area contributed by atoms with Gasteiger partial charge in [0.15, 0.2) is 0 Å². The van der Waals surface area contributed by atoms with Crippen LogP contribution in [0.2, 0.25) is 0 Å². The summed E-state index contributed by atoms with van der Waals surface area (Å²) in [5.74, 6) is 0.228. The fraction of sp³-hybridized carbons (Fsp3) is 0.250. The van der Waals surface area contributed by atoms with Crippen molar-refractivity contribution in [3.05, 3.63) is 29.8 Å². The lowest BCUT2D eigenvalue weighted by Crippen LogP contribution is -2.20. The number of aromatic hydroxyl groups is 1. The molecule has 0 saturated heterocycles. The minimum absolute atomic E-state index is 0. The Bertz CT molecular complexity index is 242. The van der Waals surface area contributed by atoms with E-state index >= 15 is 0 Å². The van der Waals surface area contributed by atoms with Gasteiger partial charge < -0.3 is 16.6 Å². The summed E-state index contributed by atoms with van der Waals surface area (Å²) in [7, 11) is 0. The van der Waals surface area contributed by atoms with Crippen molar-refractivity contribution >= 4 is 12.4 Å². The van der Waals surface area contributed by atoms with E-state index in [1.54, 1.807) is 18.2 Å². The van der Waals surface area contributed by atoms with Gasteiger partial charge in [-0.05, 0) is 17.7 Å². The molecule has 12 heavy (non-hydrogen) atoms. The molecule has 0 aromatic heterocycles. The van der Waals surface area contributed by atoms with Gasteiger partial charge in [-0.25, -0.2) is 0 Å². The molecule has 0 bridgehead atoms. The number of nitrogens with two attached hydrogens (primary N) is 2. The molecule has 0 radical (unpaired) electrons. The van der Waals surface area contributed by atoms with Crippen LogP contribution in [-0.2, 0) is 0 Å². The van der Waals surface area contributed by atoms with Crippen LogP contribution in [0.25, 0.3) is 0 Å². The van der Waals surface area contributed by atoms with Crippen LogP contribution in [0.5, 0.6) is 5.75 Å². The number of benzene rings is 1. The van der Waals surface area contributed by atoms with Gasteiger partial charge in [0, 0.05) is 12.6 Å². The topological polar surface area (TPSA) is 72.3 Å². The highest BCUT2D eigenvalue weighted by Crippen LogP contribution is 2.15. The molecule has 0 unspecified atom stereocenters. The maximum atomic E-state index is 9.06. The third kappa shape index (κ3) is 2.70. The van der Waals surface area contributed by atoms with Crippen molar-refractivity contribution in [3.8, 4) is 5.75 Å². The summed E-state index contributed by atoms with van der Waals surface area (Å²) in [4.78, 5) is 0. The van der Waals surface area contributed by atoms with Crippen LogP contribution in [0.4, 0.5) is 0 Å². The molecule has 0 aliphatic rings. The van der Waals surface area contributed by atoms with Crippen molar-refractivity contribution < 1.29 is 5.11 Å². The maximum absolute atomic E-state index is 9.06. The zero-order chi connectivity index (χ0) is 8.27. The van der Waals surface area contributed by atoms with Crippen molar-refractivity contribution in [1.29, 1.82) is 0 Å². The molecule has 3 nitrogen and oxygen atoms in total. The van der Waals surface area contributed by atoms with Crippen molar-refractivity contribution in [2.45, 2.75) is 6.04 Å². The van der Waals surface area contributed by atoms with Gasteiger partial charge in [-0.3, -0.25) is 0 Å². The quantitative estimate of drug-likeness (QED) is 0.642. The molecular weight excluding hydrogens is 176 g/mol. The Balaban J connectivity index is 0.00000121. The number of phenols is 1. The van der Waals surface area contributed by atoms with E-state index in [2.05, 4.69) is 0 Å². The average molecular weight is 189 g/mol. The van der Waals surface area contributed by atoms with E-state index in [0.717, 1.165) is 5.56 Å². The van der Waals surface area contributed by atoms with E-state index in [4.69, 9.17) is 16.6 Å². The Morgan fingerprint density at radius 1 is 1.42 bits per heavy atom. The first-order valence-electron chi connectivity index (χ1n) is 3.48. The van der Waals surface area contributed by atoms with Crippen molar-refractivity contribution in [1.82, 2.24) is 0 Å². The predicted molar refractivity (Wildman–Crippen MR) is 51.3 cm³/mol. The highest BCUT2D eigenvalue weighted by molar-refractivity contribution is 5.85. The molecule has 0 heterocycles. The predicted octanol–water partition coefficient (Wildman–Crippen LogP) is 0.772. The fourth-order valence-electron chi connectivity index (χ4n) is 0.892. The van der Waals surface area contributed by atoms with E-state index in [-0.39, 0.29) is 24.2 Å². The van der Waals surface area contributed by atoms with Crippen LogP contribution in [-0.4, -0.2) is 11.7 Å². The molecule has 0 amide bonds. The molecule has 0 saturated carbocycles. The largest absolute Gasteiger partial charge is 0.508 e. The SMILES string of the molecule is Cl.NC[C@@H](N)c1cccc(O)c1. The molecule has 0 aliphatic carbocycles. The average Bonchev–Trinajstić information content (AvgIpc) is 2.03. The van der Waals surface area contributed by atoms with Gasteiger partial charge in [-0.15, -0.1) is 12.4 Å².